The summed E-state index contributed by atoms with van der Waals surface area (Å²) >= 11 is 0. The van der Waals surface area contributed by atoms with Gasteiger partial charge in [-0.25, -0.2) is 4.79 Å². The zero-order valence-corrected chi connectivity index (χ0v) is 10.0. The van der Waals surface area contributed by atoms with E-state index in [1.165, 1.54) is 31.2 Å². The SMILES string of the molecule is CCOC(=O)C(C)=NNc1ccc([N+](=O)[O-])cc1. The Morgan fingerprint density at radius 1 is 1.44 bits per heavy atom. The van der Waals surface area contributed by atoms with Crippen LogP contribution in [0.3, 0.4) is 0 Å². The van der Waals surface area contributed by atoms with E-state index in [1.807, 2.05) is 0 Å². The molecule has 0 spiro atoms. The van der Waals surface area contributed by atoms with Crippen molar-refractivity contribution in [2.75, 3.05) is 12.0 Å². The number of carbonyl (C=O) groups excluding carboxylic acids is 1. The summed E-state index contributed by atoms with van der Waals surface area (Å²) < 4.78 is 4.74. The first kappa shape index (κ1) is 13.6. The van der Waals surface area contributed by atoms with Gasteiger partial charge in [0.05, 0.1) is 17.2 Å². The van der Waals surface area contributed by atoms with Gasteiger partial charge in [-0.2, -0.15) is 5.10 Å². The fourth-order valence-electron chi connectivity index (χ4n) is 1.09. The van der Waals surface area contributed by atoms with Gasteiger partial charge in [0.15, 0.2) is 0 Å². The number of benzene rings is 1. The molecule has 0 unspecified atom stereocenters. The number of rotatable bonds is 5. The Bertz CT molecular complexity index is 468. The Hall–Kier alpha value is -2.44. The number of anilines is 1. The molecule has 0 radical (unpaired) electrons. The van der Waals surface area contributed by atoms with Crippen molar-refractivity contribution in [1.29, 1.82) is 0 Å². The zero-order valence-electron chi connectivity index (χ0n) is 10.0. The normalized spacial score (nSPS) is 10.9. The number of carbonyl (C=O) groups is 1. The Morgan fingerprint density at radius 3 is 2.56 bits per heavy atom. The summed E-state index contributed by atoms with van der Waals surface area (Å²) in [6.07, 6.45) is 0. The van der Waals surface area contributed by atoms with Crippen LogP contribution in [0, 0.1) is 10.1 Å². The predicted octanol–water partition coefficient (Wildman–Crippen LogP) is 1.95. The molecule has 1 aromatic rings. The Morgan fingerprint density at radius 2 is 2.06 bits per heavy atom. The van der Waals surface area contributed by atoms with Crippen LogP contribution in [0.1, 0.15) is 13.8 Å². The molecule has 1 aromatic carbocycles. The summed E-state index contributed by atoms with van der Waals surface area (Å²) in [7, 11) is 0. The molecule has 0 aliphatic heterocycles. The average molecular weight is 251 g/mol. The van der Waals surface area contributed by atoms with E-state index in [4.69, 9.17) is 4.74 Å². The summed E-state index contributed by atoms with van der Waals surface area (Å²) in [6.45, 7) is 3.49. The molecule has 96 valence electrons. The molecule has 0 aromatic heterocycles. The van der Waals surface area contributed by atoms with Crippen molar-refractivity contribution in [3.8, 4) is 0 Å². The van der Waals surface area contributed by atoms with Crippen LogP contribution in [-0.4, -0.2) is 23.2 Å². The van der Waals surface area contributed by atoms with E-state index < -0.39 is 10.9 Å². The summed E-state index contributed by atoms with van der Waals surface area (Å²) in [5, 5.41) is 14.2. The summed E-state index contributed by atoms with van der Waals surface area (Å²) in [5.41, 5.74) is 3.33. The van der Waals surface area contributed by atoms with E-state index in [2.05, 4.69) is 10.5 Å². The third kappa shape index (κ3) is 3.85. The van der Waals surface area contributed by atoms with Crippen molar-refractivity contribution in [2.24, 2.45) is 5.10 Å². The molecule has 0 saturated carbocycles. The standard InChI is InChI=1S/C11H13N3O4/c1-3-18-11(15)8(2)12-13-9-4-6-10(7-5-9)14(16)17/h4-7,13H,3H2,1-2H3. The van der Waals surface area contributed by atoms with Gasteiger partial charge in [0, 0.05) is 12.1 Å². The number of nitrogens with zero attached hydrogens (tertiary/aromatic N) is 2. The smallest absolute Gasteiger partial charge is 0.354 e. The molecule has 0 aliphatic carbocycles. The predicted molar refractivity (Wildman–Crippen MR) is 66.5 cm³/mol. The Balaban J connectivity index is 2.65. The van der Waals surface area contributed by atoms with Crippen LogP contribution in [0.2, 0.25) is 0 Å². The average Bonchev–Trinajstić information content (AvgIpc) is 2.36. The number of hydrogen-bond acceptors (Lipinski definition) is 6. The van der Waals surface area contributed by atoms with Crippen LogP contribution in [0.4, 0.5) is 11.4 Å². The molecular formula is C11H13N3O4. The van der Waals surface area contributed by atoms with Gasteiger partial charge < -0.3 is 4.74 Å². The highest BCUT2D eigenvalue weighted by atomic mass is 16.6. The molecule has 0 amide bonds. The molecule has 1 rings (SSSR count). The van der Waals surface area contributed by atoms with E-state index in [0.29, 0.717) is 5.69 Å². The lowest BCUT2D eigenvalue weighted by molar-refractivity contribution is -0.384. The lowest BCUT2D eigenvalue weighted by Gasteiger charge is -2.02. The van der Waals surface area contributed by atoms with Crippen LogP contribution in [0.5, 0.6) is 0 Å². The first-order valence-electron chi connectivity index (χ1n) is 5.26. The third-order valence-electron chi connectivity index (χ3n) is 2.00. The molecule has 0 aliphatic rings. The maximum Gasteiger partial charge on any atom is 0.354 e. The van der Waals surface area contributed by atoms with Crippen LogP contribution in [0.15, 0.2) is 29.4 Å². The molecule has 1 N–H and O–H groups in total. The number of hydrazone groups is 1. The van der Waals surface area contributed by atoms with E-state index in [1.54, 1.807) is 6.92 Å². The molecule has 0 bridgehead atoms. The number of ether oxygens (including phenoxy) is 1. The minimum absolute atomic E-state index is 0.00774. The van der Waals surface area contributed by atoms with E-state index in [0.717, 1.165) is 0 Å². The van der Waals surface area contributed by atoms with Gasteiger partial charge in [-0.1, -0.05) is 0 Å². The molecule has 0 atom stereocenters. The highest BCUT2D eigenvalue weighted by molar-refractivity contribution is 6.35. The lowest BCUT2D eigenvalue weighted by Crippen LogP contribution is -2.15. The van der Waals surface area contributed by atoms with Gasteiger partial charge in [0.2, 0.25) is 0 Å². The first-order valence-corrected chi connectivity index (χ1v) is 5.26. The fraction of sp³-hybridized carbons (Fsp3) is 0.273. The molecule has 18 heavy (non-hydrogen) atoms. The number of non-ortho nitro benzene ring substituents is 1. The molecule has 7 nitrogen and oxygen atoms in total. The van der Waals surface area contributed by atoms with Crippen molar-refractivity contribution in [3.05, 3.63) is 34.4 Å². The highest BCUT2D eigenvalue weighted by Crippen LogP contribution is 2.15. The van der Waals surface area contributed by atoms with Crippen molar-refractivity contribution in [2.45, 2.75) is 13.8 Å². The molecule has 0 fully saturated rings. The van der Waals surface area contributed by atoms with Crippen molar-refractivity contribution in [3.63, 3.8) is 0 Å². The summed E-state index contributed by atoms with van der Waals surface area (Å²) in [6, 6.07) is 5.69. The lowest BCUT2D eigenvalue weighted by atomic mass is 10.3. The van der Waals surface area contributed by atoms with Gasteiger partial charge in [-0.15, -0.1) is 0 Å². The largest absolute Gasteiger partial charge is 0.461 e. The number of nitro groups is 1. The van der Waals surface area contributed by atoms with Crippen LogP contribution in [0.25, 0.3) is 0 Å². The number of esters is 1. The Labute approximate surface area is 104 Å². The summed E-state index contributed by atoms with van der Waals surface area (Å²) in [4.78, 5) is 21.2. The monoisotopic (exact) mass is 251 g/mol. The second kappa shape index (κ2) is 6.33. The quantitative estimate of drug-likeness (QED) is 0.373. The highest BCUT2D eigenvalue weighted by Gasteiger charge is 2.06. The number of nitro benzene ring substituents is 1. The number of hydrogen-bond donors (Lipinski definition) is 1. The van der Waals surface area contributed by atoms with Crippen LogP contribution >= 0.6 is 0 Å². The molecule has 0 saturated heterocycles. The topological polar surface area (TPSA) is 93.8 Å². The molecule has 7 heteroatoms. The van der Waals surface area contributed by atoms with Crippen molar-refractivity contribution < 1.29 is 14.5 Å². The van der Waals surface area contributed by atoms with Crippen LogP contribution in [-0.2, 0) is 9.53 Å². The molecular weight excluding hydrogens is 238 g/mol. The van der Waals surface area contributed by atoms with Gasteiger partial charge in [0.25, 0.3) is 5.69 Å². The minimum atomic E-state index is -0.507. The molecule has 0 heterocycles. The maximum atomic E-state index is 11.2. The van der Waals surface area contributed by atoms with E-state index >= 15 is 0 Å². The van der Waals surface area contributed by atoms with Crippen molar-refractivity contribution in [1.82, 2.24) is 0 Å². The summed E-state index contributed by atoms with van der Waals surface area (Å²) in [5.74, 6) is -0.507. The zero-order chi connectivity index (χ0) is 13.5. The second-order valence-electron chi connectivity index (χ2n) is 3.33. The Kier molecular flexibility index (Phi) is 4.79. The van der Waals surface area contributed by atoms with Crippen molar-refractivity contribution >= 4 is 23.1 Å². The van der Waals surface area contributed by atoms with Gasteiger partial charge >= 0.3 is 5.97 Å². The van der Waals surface area contributed by atoms with Gasteiger partial charge in [0.1, 0.15) is 5.71 Å². The maximum absolute atomic E-state index is 11.2. The second-order valence-corrected chi connectivity index (χ2v) is 3.33. The van der Waals surface area contributed by atoms with Gasteiger partial charge in [-0.05, 0) is 26.0 Å². The fourth-order valence-corrected chi connectivity index (χ4v) is 1.09. The number of nitrogens with one attached hydrogen (secondary N) is 1. The third-order valence-corrected chi connectivity index (χ3v) is 2.00. The van der Waals surface area contributed by atoms with Crippen LogP contribution < -0.4 is 5.43 Å². The van der Waals surface area contributed by atoms with Gasteiger partial charge in [-0.3, -0.25) is 15.5 Å². The van der Waals surface area contributed by atoms with E-state index in [-0.39, 0.29) is 18.0 Å². The minimum Gasteiger partial charge on any atom is -0.461 e. The first-order chi connectivity index (χ1) is 8.54. The van der Waals surface area contributed by atoms with E-state index in [9.17, 15) is 14.9 Å².